The van der Waals surface area contributed by atoms with Crippen molar-refractivity contribution < 1.29 is 33.3 Å². The van der Waals surface area contributed by atoms with E-state index in [2.05, 4.69) is 4.90 Å². The maximum absolute atomic E-state index is 13.3. The standard InChI is InChI=1S/C25H29F3N4O4/c1-17-20(7-5-3-2-4-6-10-30-11-13-31(14-12-30)24(35)36)23(34)32(22(17)33)19-9-8-18(16-29)21(15-19)25(26,27)28/h5,7-9,15,33-34H,2-4,6,10-14H2,1H3,(H,35,36). The predicted molar refractivity (Wildman–Crippen MR) is 127 cm³/mol. The summed E-state index contributed by atoms with van der Waals surface area (Å²) in [6.07, 6.45) is 1.39. The summed E-state index contributed by atoms with van der Waals surface area (Å²) in [6, 6.07) is 4.48. The van der Waals surface area contributed by atoms with E-state index >= 15 is 0 Å². The molecule has 1 aliphatic rings. The van der Waals surface area contributed by atoms with Gasteiger partial charge in [-0.1, -0.05) is 18.6 Å². The van der Waals surface area contributed by atoms with Crippen molar-refractivity contribution in [3.8, 4) is 23.5 Å². The van der Waals surface area contributed by atoms with Crippen molar-refractivity contribution in [2.24, 2.45) is 0 Å². The van der Waals surface area contributed by atoms with Gasteiger partial charge in [-0.15, -0.1) is 0 Å². The molecule has 0 radical (unpaired) electrons. The van der Waals surface area contributed by atoms with E-state index in [0.29, 0.717) is 30.6 Å². The van der Waals surface area contributed by atoms with Crippen molar-refractivity contribution in [2.75, 3.05) is 32.7 Å². The summed E-state index contributed by atoms with van der Waals surface area (Å²) in [6.45, 7) is 4.96. The van der Waals surface area contributed by atoms with Gasteiger partial charge in [-0.25, -0.2) is 4.79 Å². The Morgan fingerprint density at radius 2 is 1.81 bits per heavy atom. The maximum Gasteiger partial charge on any atom is 0.417 e. The number of nitrogens with zero attached hydrogens (tertiary/aromatic N) is 4. The Kier molecular flexibility index (Phi) is 8.53. The van der Waals surface area contributed by atoms with Gasteiger partial charge in [0.15, 0.2) is 0 Å². The molecule has 0 atom stereocenters. The molecule has 194 valence electrons. The van der Waals surface area contributed by atoms with Crippen molar-refractivity contribution >= 4 is 12.2 Å². The Labute approximate surface area is 207 Å². The quantitative estimate of drug-likeness (QED) is 0.437. The number of allylic oxidation sites excluding steroid dienone is 1. The van der Waals surface area contributed by atoms with Gasteiger partial charge in [-0.2, -0.15) is 18.4 Å². The molecule has 0 spiro atoms. The van der Waals surface area contributed by atoms with E-state index in [1.165, 1.54) is 17.0 Å². The number of aromatic nitrogens is 1. The number of hydrogen-bond acceptors (Lipinski definition) is 5. The highest BCUT2D eigenvalue weighted by atomic mass is 19.4. The highest BCUT2D eigenvalue weighted by Gasteiger charge is 2.34. The van der Waals surface area contributed by atoms with Gasteiger partial charge in [0.2, 0.25) is 11.8 Å². The van der Waals surface area contributed by atoms with Crippen LogP contribution in [0, 0.1) is 18.3 Å². The van der Waals surface area contributed by atoms with Gasteiger partial charge >= 0.3 is 12.3 Å². The number of halogens is 3. The fourth-order valence-electron chi connectivity index (χ4n) is 4.26. The average molecular weight is 507 g/mol. The fraction of sp³-hybridized carbons (Fsp3) is 0.440. The molecule has 8 nitrogen and oxygen atoms in total. The number of benzene rings is 1. The van der Waals surface area contributed by atoms with Gasteiger partial charge in [-0.3, -0.25) is 9.47 Å². The van der Waals surface area contributed by atoms with Crippen LogP contribution < -0.4 is 0 Å². The Balaban J connectivity index is 1.58. The second-order valence-corrected chi connectivity index (χ2v) is 8.72. The number of alkyl halides is 3. The van der Waals surface area contributed by atoms with Gasteiger partial charge in [-0.05, 0) is 50.9 Å². The molecule has 0 unspecified atom stereocenters. The second kappa shape index (κ2) is 11.4. The molecule has 1 aromatic carbocycles. The van der Waals surface area contributed by atoms with Crippen LogP contribution in [0.4, 0.5) is 18.0 Å². The number of amides is 1. The minimum atomic E-state index is -4.76. The average Bonchev–Trinajstić information content (AvgIpc) is 3.05. The molecule has 1 aliphatic heterocycles. The third-order valence-corrected chi connectivity index (χ3v) is 6.36. The monoisotopic (exact) mass is 506 g/mol. The van der Waals surface area contributed by atoms with E-state index < -0.39 is 23.4 Å². The molecule has 0 bridgehead atoms. The minimum absolute atomic E-state index is 0.108. The van der Waals surface area contributed by atoms with E-state index in [1.807, 2.05) is 6.08 Å². The lowest BCUT2D eigenvalue weighted by Gasteiger charge is -2.33. The number of hydrogen-bond donors (Lipinski definition) is 3. The van der Waals surface area contributed by atoms with E-state index in [1.54, 1.807) is 13.0 Å². The van der Waals surface area contributed by atoms with Crippen LogP contribution in [0.5, 0.6) is 11.8 Å². The largest absolute Gasteiger partial charge is 0.494 e. The minimum Gasteiger partial charge on any atom is -0.494 e. The van der Waals surface area contributed by atoms with Crippen LogP contribution in [-0.4, -0.2) is 68.5 Å². The topological polar surface area (TPSA) is 113 Å². The molecule has 0 saturated carbocycles. The van der Waals surface area contributed by atoms with Gasteiger partial charge in [0.1, 0.15) is 0 Å². The molecular weight excluding hydrogens is 477 g/mol. The first-order valence-electron chi connectivity index (χ1n) is 11.7. The molecular formula is C25H29F3N4O4. The number of aromatic hydroxyl groups is 2. The Morgan fingerprint density at radius 3 is 2.42 bits per heavy atom. The van der Waals surface area contributed by atoms with Crippen molar-refractivity contribution in [1.29, 1.82) is 5.26 Å². The van der Waals surface area contributed by atoms with E-state index in [9.17, 15) is 28.2 Å². The predicted octanol–water partition coefficient (Wildman–Crippen LogP) is 4.96. The summed E-state index contributed by atoms with van der Waals surface area (Å²) in [5, 5.41) is 39.1. The van der Waals surface area contributed by atoms with E-state index in [-0.39, 0.29) is 17.4 Å². The molecule has 0 aliphatic carbocycles. The molecule has 1 amide bonds. The van der Waals surface area contributed by atoms with Crippen LogP contribution in [0.1, 0.15) is 47.9 Å². The number of unbranched alkanes of at least 4 members (excludes halogenated alkanes) is 3. The van der Waals surface area contributed by atoms with Crippen molar-refractivity contribution in [1.82, 2.24) is 14.4 Å². The second-order valence-electron chi connectivity index (χ2n) is 8.72. The zero-order valence-corrected chi connectivity index (χ0v) is 19.9. The Morgan fingerprint density at radius 1 is 1.11 bits per heavy atom. The summed E-state index contributed by atoms with van der Waals surface area (Å²) in [5.41, 5.74) is -1.17. The maximum atomic E-state index is 13.3. The zero-order chi connectivity index (χ0) is 26.5. The van der Waals surface area contributed by atoms with E-state index in [4.69, 9.17) is 10.4 Å². The molecule has 1 fully saturated rings. The number of piperazine rings is 1. The number of carboxylic acid groups (broad SMARTS) is 1. The van der Waals surface area contributed by atoms with E-state index in [0.717, 1.165) is 55.6 Å². The third-order valence-electron chi connectivity index (χ3n) is 6.36. The summed E-state index contributed by atoms with van der Waals surface area (Å²) >= 11 is 0. The summed E-state index contributed by atoms with van der Waals surface area (Å²) in [4.78, 5) is 14.6. The smallest absolute Gasteiger partial charge is 0.417 e. The lowest BCUT2D eigenvalue weighted by atomic mass is 10.1. The summed E-state index contributed by atoms with van der Waals surface area (Å²) in [7, 11) is 0. The molecule has 3 rings (SSSR count). The molecule has 1 aromatic heterocycles. The zero-order valence-electron chi connectivity index (χ0n) is 19.9. The van der Waals surface area contributed by atoms with Crippen LogP contribution in [-0.2, 0) is 6.18 Å². The van der Waals surface area contributed by atoms with Gasteiger partial charge < -0.3 is 20.2 Å². The van der Waals surface area contributed by atoms with Gasteiger partial charge in [0.25, 0.3) is 0 Å². The molecule has 36 heavy (non-hydrogen) atoms. The van der Waals surface area contributed by atoms with Crippen molar-refractivity contribution in [3.63, 3.8) is 0 Å². The number of rotatable bonds is 8. The molecule has 2 heterocycles. The molecule has 11 heteroatoms. The lowest BCUT2D eigenvalue weighted by molar-refractivity contribution is -0.137. The van der Waals surface area contributed by atoms with Crippen LogP contribution in [0.25, 0.3) is 11.8 Å². The van der Waals surface area contributed by atoms with Crippen LogP contribution >= 0.6 is 0 Å². The number of carbonyl (C=O) groups is 1. The first kappa shape index (κ1) is 26.9. The highest BCUT2D eigenvalue weighted by molar-refractivity contribution is 5.66. The molecule has 2 aromatic rings. The highest BCUT2D eigenvalue weighted by Crippen LogP contribution is 2.39. The van der Waals surface area contributed by atoms with Crippen LogP contribution in [0.15, 0.2) is 24.3 Å². The van der Waals surface area contributed by atoms with Crippen molar-refractivity contribution in [2.45, 2.75) is 38.8 Å². The first-order chi connectivity index (χ1) is 17.0. The van der Waals surface area contributed by atoms with Gasteiger partial charge in [0, 0.05) is 37.3 Å². The SMILES string of the molecule is Cc1c(C=CCCCCCN2CCN(C(=O)O)CC2)c(O)n(-c2ccc(C#N)c(C(F)(F)F)c2)c1O. The lowest BCUT2D eigenvalue weighted by Crippen LogP contribution is -2.48. The summed E-state index contributed by atoms with van der Waals surface area (Å²) in [5.74, 6) is -0.771. The van der Waals surface area contributed by atoms with Crippen LogP contribution in [0.3, 0.4) is 0 Å². The summed E-state index contributed by atoms with van der Waals surface area (Å²) < 4.78 is 40.9. The Hall–Kier alpha value is -3.65. The third kappa shape index (κ3) is 6.12. The fourth-order valence-corrected chi connectivity index (χ4v) is 4.26. The Bertz CT molecular complexity index is 1160. The first-order valence-corrected chi connectivity index (χ1v) is 11.7. The normalized spacial score (nSPS) is 14.9. The molecule has 1 saturated heterocycles. The van der Waals surface area contributed by atoms with Gasteiger partial charge in [0.05, 0.1) is 22.9 Å². The van der Waals surface area contributed by atoms with Crippen molar-refractivity contribution in [3.05, 3.63) is 46.5 Å². The van der Waals surface area contributed by atoms with Crippen LogP contribution in [0.2, 0.25) is 0 Å². The number of nitriles is 1. The molecule has 3 N–H and O–H groups in total.